The van der Waals surface area contributed by atoms with E-state index < -0.39 is 35.1 Å². The molecule has 2 aromatic carbocycles. The van der Waals surface area contributed by atoms with Crippen molar-refractivity contribution in [1.29, 1.82) is 0 Å². The highest BCUT2D eigenvalue weighted by Crippen LogP contribution is 2.21. The molecular formula is C21H19F2N3O3. The topological polar surface area (TPSA) is 84.2 Å². The minimum atomic E-state index is -0.992. The zero-order valence-corrected chi connectivity index (χ0v) is 15.8. The SMILES string of the molecule is CC(C)C(NC(=O)c1c(F)cccc1F)C(=O)Nc1ccc(-c2cnco2)cc1. The highest BCUT2D eigenvalue weighted by atomic mass is 19.1. The number of benzene rings is 2. The number of anilines is 1. The first-order chi connectivity index (χ1) is 13.9. The molecule has 1 aromatic heterocycles. The van der Waals surface area contributed by atoms with Gasteiger partial charge in [0, 0.05) is 11.3 Å². The first-order valence-corrected chi connectivity index (χ1v) is 8.91. The summed E-state index contributed by atoms with van der Waals surface area (Å²) < 4.78 is 32.9. The lowest BCUT2D eigenvalue weighted by Gasteiger charge is -2.22. The lowest BCUT2D eigenvalue weighted by Crippen LogP contribution is -2.47. The number of hydrogen-bond donors (Lipinski definition) is 2. The van der Waals surface area contributed by atoms with Gasteiger partial charge in [0.15, 0.2) is 12.2 Å². The van der Waals surface area contributed by atoms with Crippen molar-refractivity contribution in [2.24, 2.45) is 5.92 Å². The molecule has 1 unspecified atom stereocenters. The van der Waals surface area contributed by atoms with Gasteiger partial charge in [-0.1, -0.05) is 19.9 Å². The second kappa shape index (κ2) is 8.64. The maximum Gasteiger partial charge on any atom is 0.257 e. The molecule has 29 heavy (non-hydrogen) atoms. The van der Waals surface area contributed by atoms with E-state index in [4.69, 9.17) is 4.42 Å². The van der Waals surface area contributed by atoms with Crippen LogP contribution in [0, 0.1) is 17.6 Å². The molecule has 1 heterocycles. The van der Waals surface area contributed by atoms with E-state index in [2.05, 4.69) is 15.6 Å². The lowest BCUT2D eigenvalue weighted by atomic mass is 10.0. The van der Waals surface area contributed by atoms with Crippen molar-refractivity contribution in [3.63, 3.8) is 0 Å². The summed E-state index contributed by atoms with van der Waals surface area (Å²) in [4.78, 5) is 28.9. The monoisotopic (exact) mass is 399 g/mol. The molecule has 0 aliphatic carbocycles. The Morgan fingerprint density at radius 1 is 1.03 bits per heavy atom. The molecule has 150 valence electrons. The molecule has 6 nitrogen and oxygen atoms in total. The van der Waals surface area contributed by atoms with Crippen LogP contribution in [0.15, 0.2) is 59.5 Å². The van der Waals surface area contributed by atoms with Gasteiger partial charge in [-0.3, -0.25) is 9.59 Å². The normalized spacial score (nSPS) is 11.9. The van der Waals surface area contributed by atoms with E-state index in [1.165, 1.54) is 6.39 Å². The van der Waals surface area contributed by atoms with Crippen molar-refractivity contribution in [1.82, 2.24) is 10.3 Å². The molecule has 0 radical (unpaired) electrons. The van der Waals surface area contributed by atoms with Gasteiger partial charge in [-0.15, -0.1) is 0 Å². The average Bonchev–Trinajstić information content (AvgIpc) is 3.21. The number of nitrogens with zero attached hydrogens (tertiary/aromatic N) is 1. The number of amides is 2. The zero-order valence-electron chi connectivity index (χ0n) is 15.8. The van der Waals surface area contributed by atoms with Crippen LogP contribution in [0.4, 0.5) is 14.5 Å². The minimum absolute atomic E-state index is 0.317. The summed E-state index contributed by atoms with van der Waals surface area (Å²) >= 11 is 0. The molecule has 3 rings (SSSR count). The van der Waals surface area contributed by atoms with Crippen molar-refractivity contribution in [2.45, 2.75) is 19.9 Å². The Hall–Kier alpha value is -3.55. The molecular weight excluding hydrogens is 380 g/mol. The molecule has 8 heteroatoms. The van der Waals surface area contributed by atoms with E-state index in [9.17, 15) is 18.4 Å². The quantitative estimate of drug-likeness (QED) is 0.656. The predicted molar refractivity (Wildman–Crippen MR) is 103 cm³/mol. The van der Waals surface area contributed by atoms with Crippen LogP contribution in [0.5, 0.6) is 0 Å². The summed E-state index contributed by atoms with van der Waals surface area (Å²) in [6.07, 6.45) is 2.89. The number of rotatable bonds is 6. The summed E-state index contributed by atoms with van der Waals surface area (Å²) in [5, 5.41) is 5.11. The van der Waals surface area contributed by atoms with Crippen molar-refractivity contribution < 1.29 is 22.8 Å². The molecule has 2 amide bonds. The van der Waals surface area contributed by atoms with Crippen molar-refractivity contribution in [3.05, 3.63) is 72.3 Å². The van der Waals surface area contributed by atoms with E-state index in [1.807, 2.05) is 0 Å². The number of halogens is 2. The molecule has 0 saturated carbocycles. The Kier molecular flexibility index (Phi) is 6.01. The molecule has 1 atom stereocenters. The number of oxazole rings is 1. The number of carbonyl (C=O) groups is 2. The third-order valence-corrected chi connectivity index (χ3v) is 4.29. The van der Waals surface area contributed by atoms with Gasteiger partial charge in [0.1, 0.15) is 23.2 Å². The Morgan fingerprint density at radius 3 is 2.24 bits per heavy atom. The van der Waals surface area contributed by atoms with Crippen LogP contribution >= 0.6 is 0 Å². The Labute approximate surface area is 166 Å². The van der Waals surface area contributed by atoms with E-state index in [1.54, 1.807) is 44.3 Å². The fourth-order valence-electron chi connectivity index (χ4n) is 2.76. The van der Waals surface area contributed by atoms with Crippen LogP contribution in [-0.2, 0) is 4.79 Å². The summed E-state index contributed by atoms with van der Waals surface area (Å²) in [5.74, 6) is -3.21. The highest BCUT2D eigenvalue weighted by Gasteiger charge is 2.27. The maximum absolute atomic E-state index is 13.8. The van der Waals surface area contributed by atoms with Crippen LogP contribution in [0.1, 0.15) is 24.2 Å². The third-order valence-electron chi connectivity index (χ3n) is 4.29. The minimum Gasteiger partial charge on any atom is -0.444 e. The number of hydrogen-bond acceptors (Lipinski definition) is 4. The Morgan fingerprint density at radius 2 is 1.69 bits per heavy atom. The van der Waals surface area contributed by atoms with Crippen LogP contribution in [0.2, 0.25) is 0 Å². The summed E-state index contributed by atoms with van der Waals surface area (Å²) in [6, 6.07) is 8.97. The van der Waals surface area contributed by atoms with Crippen LogP contribution < -0.4 is 10.6 Å². The molecule has 0 saturated heterocycles. The molecule has 2 N–H and O–H groups in total. The number of carbonyl (C=O) groups excluding carboxylic acids is 2. The molecule has 0 aliphatic rings. The largest absolute Gasteiger partial charge is 0.444 e. The summed E-state index contributed by atoms with van der Waals surface area (Å²) in [5.41, 5.74) is 0.557. The Bertz CT molecular complexity index is 982. The van der Waals surface area contributed by atoms with Gasteiger partial charge in [-0.25, -0.2) is 13.8 Å². The summed E-state index contributed by atoms with van der Waals surface area (Å²) in [6.45, 7) is 3.43. The number of aromatic nitrogens is 1. The molecule has 0 fully saturated rings. The van der Waals surface area contributed by atoms with Crippen LogP contribution in [0.3, 0.4) is 0 Å². The molecule has 0 spiro atoms. The van der Waals surface area contributed by atoms with Crippen molar-refractivity contribution in [3.8, 4) is 11.3 Å². The fraction of sp³-hybridized carbons (Fsp3) is 0.190. The fourth-order valence-corrected chi connectivity index (χ4v) is 2.76. The first kappa shape index (κ1) is 20.2. The second-order valence-corrected chi connectivity index (χ2v) is 6.72. The molecule has 0 aliphatic heterocycles. The predicted octanol–water partition coefficient (Wildman–Crippen LogP) is 4.01. The standard InChI is InChI=1S/C21H19F2N3O3/c1-12(2)19(26-20(27)18-15(22)4-3-5-16(18)23)21(28)25-14-8-6-13(7-9-14)17-10-24-11-29-17/h3-12,19H,1-2H3,(H,25,28)(H,26,27). The van der Waals surface area contributed by atoms with Crippen LogP contribution in [0.25, 0.3) is 11.3 Å². The molecule has 0 bridgehead atoms. The van der Waals surface area contributed by atoms with E-state index in [-0.39, 0.29) is 5.92 Å². The van der Waals surface area contributed by atoms with Gasteiger partial charge in [0.25, 0.3) is 5.91 Å². The first-order valence-electron chi connectivity index (χ1n) is 8.91. The smallest absolute Gasteiger partial charge is 0.257 e. The van der Waals surface area contributed by atoms with Crippen LogP contribution in [-0.4, -0.2) is 22.8 Å². The van der Waals surface area contributed by atoms with E-state index >= 15 is 0 Å². The van der Waals surface area contributed by atoms with E-state index in [0.29, 0.717) is 11.4 Å². The second-order valence-electron chi connectivity index (χ2n) is 6.72. The number of nitrogens with one attached hydrogen (secondary N) is 2. The maximum atomic E-state index is 13.8. The molecule has 3 aromatic rings. The lowest BCUT2D eigenvalue weighted by molar-refractivity contribution is -0.118. The van der Waals surface area contributed by atoms with Crippen molar-refractivity contribution in [2.75, 3.05) is 5.32 Å². The van der Waals surface area contributed by atoms with Crippen molar-refractivity contribution >= 4 is 17.5 Å². The highest BCUT2D eigenvalue weighted by molar-refractivity contribution is 6.01. The van der Waals surface area contributed by atoms with Gasteiger partial charge in [0.2, 0.25) is 5.91 Å². The summed E-state index contributed by atoms with van der Waals surface area (Å²) in [7, 11) is 0. The van der Waals surface area contributed by atoms with Gasteiger partial charge >= 0.3 is 0 Å². The zero-order chi connectivity index (χ0) is 21.0. The van der Waals surface area contributed by atoms with Gasteiger partial charge < -0.3 is 15.1 Å². The third kappa shape index (κ3) is 4.66. The Balaban J connectivity index is 1.72. The average molecular weight is 399 g/mol. The van der Waals surface area contributed by atoms with Gasteiger partial charge in [-0.2, -0.15) is 0 Å². The van der Waals surface area contributed by atoms with E-state index in [0.717, 1.165) is 23.8 Å². The van der Waals surface area contributed by atoms with Gasteiger partial charge in [-0.05, 0) is 42.3 Å². The van der Waals surface area contributed by atoms with Gasteiger partial charge in [0.05, 0.1) is 6.20 Å².